The molecule has 0 N–H and O–H groups in total. The predicted octanol–water partition coefficient (Wildman–Crippen LogP) is 7.80. The van der Waals surface area contributed by atoms with Crippen LogP contribution in [-0.2, 0) is 35.1 Å². The second-order valence-electron chi connectivity index (χ2n) is 19.0. The smallest absolute Gasteiger partial charge is 1.00 e. The van der Waals surface area contributed by atoms with Crippen molar-refractivity contribution in [1.82, 2.24) is 0 Å². The molecule has 0 aliphatic heterocycles. The van der Waals surface area contributed by atoms with Crippen molar-refractivity contribution in [2.75, 3.05) is 0 Å². The number of benzene rings is 3. The van der Waals surface area contributed by atoms with Gasteiger partial charge in [0.2, 0.25) is 0 Å². The Morgan fingerprint density at radius 2 is 1.20 bits per heavy atom. The second kappa shape index (κ2) is 15.3. The molecule has 54 heavy (non-hydrogen) atoms. The molecule has 4 saturated carbocycles. The van der Waals surface area contributed by atoms with E-state index in [0.717, 1.165) is 17.8 Å². The maximum Gasteiger partial charge on any atom is -1.00 e. The molecule has 1 unspecified atom stereocenters. The van der Waals surface area contributed by atoms with Gasteiger partial charge in [0, 0.05) is 10.8 Å². The van der Waals surface area contributed by atoms with E-state index in [2.05, 4.69) is 141 Å². The third kappa shape index (κ3) is 7.75. The van der Waals surface area contributed by atoms with Crippen molar-refractivity contribution in [3.63, 3.8) is 0 Å². The van der Waals surface area contributed by atoms with Crippen LogP contribution in [0.5, 0.6) is 0 Å². The number of allylic oxidation sites excluding steroid dienone is 8. The molecule has 0 aromatic heterocycles. The standard InChI is InChI=1S/C25H25.C18H25.C8H8.2ClH.Zr/c1-14-12-24(3,4)22-8-16-7-17-9-23-19(15(2)13-25(23,5)6)11-21(17)20(16)10-18(14)22;1-12-3-13(2)17(4-12)11-18-8-14-5-15(9-18)7-16(6-14)10-18;1-2-8-6-4-3-5-7-8;;;/h7-13H,1-6H3;4,12,14-16H,5-11H2,1-2H3;3-7H,1H3;2*1H;/q2*-1;;;;+2/p-2. The van der Waals surface area contributed by atoms with Crippen molar-refractivity contribution in [3.8, 4) is 0 Å². The van der Waals surface area contributed by atoms with Gasteiger partial charge in [-0.2, -0.15) is 11.6 Å². The van der Waals surface area contributed by atoms with Gasteiger partial charge in [0.15, 0.2) is 0 Å². The summed E-state index contributed by atoms with van der Waals surface area (Å²) in [6.45, 7) is 20.5. The van der Waals surface area contributed by atoms with Crippen LogP contribution in [0.25, 0.3) is 32.7 Å². The van der Waals surface area contributed by atoms with E-state index >= 15 is 0 Å². The molecule has 4 bridgehead atoms. The molecule has 282 valence electrons. The Labute approximate surface area is 353 Å². The van der Waals surface area contributed by atoms with Crippen molar-refractivity contribution in [3.05, 3.63) is 124 Å². The molecular weight excluding hydrogens is 775 g/mol. The first kappa shape index (κ1) is 41.5. The molecule has 0 spiro atoms. The van der Waals surface area contributed by atoms with Crippen LogP contribution >= 0.6 is 0 Å². The summed E-state index contributed by atoms with van der Waals surface area (Å²) in [5, 5.41) is 5.57. The van der Waals surface area contributed by atoms with Crippen molar-refractivity contribution >= 4 is 35.9 Å². The zero-order chi connectivity index (χ0) is 36.7. The second-order valence-corrected chi connectivity index (χ2v) is 20.9. The molecule has 0 amide bonds. The molecule has 7 aliphatic rings. The average Bonchev–Trinajstić information content (AvgIpc) is 3.72. The van der Waals surface area contributed by atoms with Crippen LogP contribution in [0.3, 0.4) is 0 Å². The van der Waals surface area contributed by atoms with Gasteiger partial charge in [-0.15, -0.1) is 39.7 Å². The number of rotatable bonds is 3. The van der Waals surface area contributed by atoms with Gasteiger partial charge in [0.25, 0.3) is 0 Å². The fourth-order valence-electron chi connectivity index (χ4n) is 11.9. The van der Waals surface area contributed by atoms with E-state index in [1.54, 1.807) is 44.1 Å². The summed E-state index contributed by atoms with van der Waals surface area (Å²) < 4.78 is 1.46. The van der Waals surface area contributed by atoms with Crippen LogP contribution in [0.1, 0.15) is 135 Å². The molecule has 1 atom stereocenters. The Kier molecular flexibility index (Phi) is 11.7. The first-order valence-electron chi connectivity index (χ1n) is 20.1. The summed E-state index contributed by atoms with van der Waals surface area (Å²) in [5.41, 5.74) is 14.1. The van der Waals surface area contributed by atoms with Gasteiger partial charge in [-0.3, -0.25) is 6.08 Å². The van der Waals surface area contributed by atoms with E-state index in [4.69, 9.17) is 0 Å². The van der Waals surface area contributed by atoms with Gasteiger partial charge in [-0.1, -0.05) is 89.3 Å². The van der Waals surface area contributed by atoms with E-state index in [0.29, 0.717) is 11.3 Å². The SMILES string of the molecule is CC1=CC(C)(C)c2cc3[cH-]c4cc5c(cc4c3cc21)C(C)=CC5(C)C.CC1=[C-]C(C)C=C1CC12CC3CC(CC(C3)C1)C2.C[C](=[Zr+2])c1ccccc1.[Cl-].[Cl-]. The Bertz CT molecular complexity index is 2090. The van der Waals surface area contributed by atoms with Crippen LogP contribution in [0.4, 0.5) is 0 Å². The van der Waals surface area contributed by atoms with Crippen molar-refractivity contribution < 1.29 is 49.0 Å². The molecule has 4 aromatic rings. The van der Waals surface area contributed by atoms with Crippen molar-refractivity contribution in [2.24, 2.45) is 29.1 Å². The minimum Gasteiger partial charge on any atom is -1.00 e. The van der Waals surface area contributed by atoms with E-state index in [1.807, 2.05) is 6.07 Å². The van der Waals surface area contributed by atoms with Crippen LogP contribution in [0, 0.1) is 35.2 Å². The summed E-state index contributed by atoms with van der Waals surface area (Å²) in [4.78, 5) is 0. The minimum atomic E-state index is 0. The molecule has 11 rings (SSSR count). The van der Waals surface area contributed by atoms with Gasteiger partial charge < -0.3 is 24.8 Å². The maximum absolute atomic E-state index is 3.57. The Morgan fingerprint density at radius 3 is 1.59 bits per heavy atom. The van der Waals surface area contributed by atoms with E-state index in [9.17, 15) is 0 Å². The third-order valence-corrected chi connectivity index (χ3v) is 14.4. The van der Waals surface area contributed by atoms with Crippen LogP contribution in [-0.4, -0.2) is 3.21 Å². The third-order valence-electron chi connectivity index (χ3n) is 13.7. The molecule has 0 radical (unpaired) electrons. The fraction of sp³-hybridized carbons (Fsp3) is 0.451. The first-order chi connectivity index (χ1) is 24.6. The summed E-state index contributed by atoms with van der Waals surface area (Å²) in [6, 6.07) is 22.6. The monoisotopic (exact) mass is 830 g/mol. The maximum atomic E-state index is 3.57. The quantitative estimate of drug-likeness (QED) is 0.185. The minimum absolute atomic E-state index is 0. The largest absolute Gasteiger partial charge is 1.00 e. The molecule has 4 aromatic carbocycles. The van der Waals surface area contributed by atoms with E-state index < -0.39 is 0 Å². The molecule has 3 heteroatoms. The number of fused-ring (bicyclic) bond motifs is 5. The average molecular weight is 833 g/mol. The van der Waals surface area contributed by atoms with Crippen LogP contribution in [0.15, 0.2) is 90.0 Å². The van der Waals surface area contributed by atoms with Crippen molar-refractivity contribution in [2.45, 2.75) is 118 Å². The number of hydrogen-bond acceptors (Lipinski definition) is 0. The number of halogens is 2. The molecule has 0 heterocycles. The van der Waals surface area contributed by atoms with Crippen LogP contribution < -0.4 is 24.8 Å². The Hall–Kier alpha value is -2.18. The summed E-state index contributed by atoms with van der Waals surface area (Å²) in [5.74, 6) is 3.82. The zero-order valence-corrected chi connectivity index (χ0v) is 38.0. The Balaban J connectivity index is 0.000000150. The number of hydrogen-bond donors (Lipinski definition) is 0. The normalized spacial score (nSPS) is 27.2. The fourth-order valence-corrected chi connectivity index (χ4v) is 12.3. The Morgan fingerprint density at radius 1 is 0.741 bits per heavy atom. The van der Waals surface area contributed by atoms with Gasteiger partial charge in [-0.05, 0) is 97.8 Å². The first-order valence-corrected chi connectivity index (χ1v) is 21.4. The van der Waals surface area contributed by atoms with Gasteiger partial charge in [-0.25, -0.2) is 5.57 Å². The molecular formula is C51H58Cl2Zr-2. The molecule has 0 saturated heterocycles. The van der Waals surface area contributed by atoms with E-state index in [-0.39, 0.29) is 35.6 Å². The zero-order valence-electron chi connectivity index (χ0n) is 34.0. The summed E-state index contributed by atoms with van der Waals surface area (Å²) >= 11 is 1.51. The van der Waals surface area contributed by atoms with Gasteiger partial charge >= 0.3 is 70.3 Å². The van der Waals surface area contributed by atoms with Gasteiger partial charge in [0.1, 0.15) is 0 Å². The molecule has 0 nitrogen and oxygen atoms in total. The predicted molar refractivity (Wildman–Crippen MR) is 222 cm³/mol. The summed E-state index contributed by atoms with van der Waals surface area (Å²) in [6.07, 6.45) is 21.6. The summed E-state index contributed by atoms with van der Waals surface area (Å²) in [7, 11) is 0. The van der Waals surface area contributed by atoms with Crippen molar-refractivity contribution in [1.29, 1.82) is 0 Å². The van der Waals surface area contributed by atoms with Gasteiger partial charge in [0.05, 0.1) is 0 Å². The molecule has 4 fully saturated rings. The topological polar surface area (TPSA) is 0 Å². The van der Waals surface area contributed by atoms with Crippen LogP contribution in [0.2, 0.25) is 0 Å². The van der Waals surface area contributed by atoms with E-state index in [1.165, 1.54) is 99.9 Å². The molecule has 7 aliphatic carbocycles.